The van der Waals surface area contributed by atoms with E-state index >= 15 is 0 Å². The van der Waals surface area contributed by atoms with Gasteiger partial charge in [0.2, 0.25) is 5.91 Å². The summed E-state index contributed by atoms with van der Waals surface area (Å²) < 4.78 is 10.1. The minimum absolute atomic E-state index is 0.0413. The summed E-state index contributed by atoms with van der Waals surface area (Å²) >= 11 is 0. The molecule has 0 fully saturated rings. The predicted octanol–water partition coefficient (Wildman–Crippen LogP) is 1.41. The molecule has 1 amide bonds. The average molecular weight is 280 g/mol. The molecule has 5 nitrogen and oxygen atoms in total. The van der Waals surface area contributed by atoms with Crippen molar-refractivity contribution in [3.05, 3.63) is 29.8 Å². The zero-order valence-corrected chi connectivity index (χ0v) is 12.5. The van der Waals surface area contributed by atoms with Crippen molar-refractivity contribution in [3.8, 4) is 5.75 Å². The van der Waals surface area contributed by atoms with Crippen LogP contribution in [0.5, 0.6) is 5.75 Å². The van der Waals surface area contributed by atoms with Gasteiger partial charge >= 0.3 is 0 Å². The zero-order chi connectivity index (χ0) is 15.0. The van der Waals surface area contributed by atoms with Crippen molar-refractivity contribution in [2.45, 2.75) is 25.9 Å². The van der Waals surface area contributed by atoms with Gasteiger partial charge in [0.15, 0.2) is 0 Å². The number of hydrogen-bond acceptors (Lipinski definition) is 4. The van der Waals surface area contributed by atoms with Crippen LogP contribution in [0.1, 0.15) is 18.9 Å². The SMILES string of the molecule is CCN(Cc1ccc(OC)cc1)C(=O)C(N)CCOC. The molecule has 1 atom stereocenters. The van der Waals surface area contributed by atoms with E-state index in [4.69, 9.17) is 15.2 Å². The monoisotopic (exact) mass is 280 g/mol. The number of methoxy groups -OCH3 is 2. The predicted molar refractivity (Wildman–Crippen MR) is 78.6 cm³/mol. The maximum absolute atomic E-state index is 12.2. The van der Waals surface area contributed by atoms with Gasteiger partial charge in [0.05, 0.1) is 13.2 Å². The van der Waals surface area contributed by atoms with Crippen LogP contribution >= 0.6 is 0 Å². The van der Waals surface area contributed by atoms with Gasteiger partial charge in [-0.25, -0.2) is 0 Å². The Morgan fingerprint density at radius 3 is 2.45 bits per heavy atom. The highest BCUT2D eigenvalue weighted by molar-refractivity contribution is 5.81. The summed E-state index contributed by atoms with van der Waals surface area (Å²) in [5.74, 6) is 0.764. The van der Waals surface area contributed by atoms with Crippen LogP contribution in [0.25, 0.3) is 0 Å². The number of carbonyl (C=O) groups excluding carboxylic acids is 1. The molecule has 2 N–H and O–H groups in total. The Hall–Kier alpha value is -1.59. The van der Waals surface area contributed by atoms with Gasteiger partial charge in [-0.15, -0.1) is 0 Å². The van der Waals surface area contributed by atoms with Gasteiger partial charge in [0, 0.05) is 26.8 Å². The zero-order valence-electron chi connectivity index (χ0n) is 12.5. The number of nitrogens with zero attached hydrogens (tertiary/aromatic N) is 1. The van der Waals surface area contributed by atoms with Gasteiger partial charge in [0.25, 0.3) is 0 Å². The second-order valence-corrected chi connectivity index (χ2v) is 4.59. The van der Waals surface area contributed by atoms with Crippen molar-refractivity contribution in [1.82, 2.24) is 4.90 Å². The largest absolute Gasteiger partial charge is 0.497 e. The number of benzene rings is 1. The standard InChI is InChI=1S/C15H24N2O3/c1-4-17(15(18)14(16)9-10-19-2)11-12-5-7-13(20-3)8-6-12/h5-8,14H,4,9-11,16H2,1-3H3. The lowest BCUT2D eigenvalue weighted by Gasteiger charge is -2.24. The van der Waals surface area contributed by atoms with E-state index in [9.17, 15) is 4.79 Å². The first-order chi connectivity index (χ1) is 9.62. The van der Waals surface area contributed by atoms with Crippen LogP contribution < -0.4 is 10.5 Å². The summed E-state index contributed by atoms with van der Waals surface area (Å²) in [6.07, 6.45) is 0.536. The summed E-state index contributed by atoms with van der Waals surface area (Å²) in [6, 6.07) is 7.18. The molecule has 0 aromatic heterocycles. The molecule has 20 heavy (non-hydrogen) atoms. The molecule has 1 aromatic rings. The molecule has 0 radical (unpaired) electrons. The van der Waals surface area contributed by atoms with Crippen LogP contribution in [-0.2, 0) is 16.1 Å². The van der Waals surface area contributed by atoms with Gasteiger partial charge in [-0.2, -0.15) is 0 Å². The summed E-state index contributed by atoms with van der Waals surface area (Å²) in [7, 11) is 3.23. The third kappa shape index (κ3) is 4.83. The van der Waals surface area contributed by atoms with Gasteiger partial charge in [-0.3, -0.25) is 4.79 Å². The highest BCUT2D eigenvalue weighted by atomic mass is 16.5. The summed E-state index contributed by atoms with van der Waals surface area (Å²) in [4.78, 5) is 14.0. The quantitative estimate of drug-likeness (QED) is 0.782. The lowest BCUT2D eigenvalue weighted by Crippen LogP contribution is -2.43. The van der Waals surface area contributed by atoms with Gasteiger partial charge in [-0.05, 0) is 31.0 Å². The molecule has 0 aliphatic carbocycles. The maximum Gasteiger partial charge on any atom is 0.239 e. The maximum atomic E-state index is 12.2. The van der Waals surface area contributed by atoms with Crippen LogP contribution in [0.4, 0.5) is 0 Å². The van der Waals surface area contributed by atoms with E-state index in [0.717, 1.165) is 11.3 Å². The van der Waals surface area contributed by atoms with E-state index in [2.05, 4.69) is 0 Å². The Kier molecular flexibility index (Phi) is 7.04. The number of rotatable bonds is 8. The van der Waals surface area contributed by atoms with Crippen LogP contribution in [0.3, 0.4) is 0 Å². The summed E-state index contributed by atoms with van der Waals surface area (Å²) in [5.41, 5.74) is 6.94. The van der Waals surface area contributed by atoms with E-state index in [1.807, 2.05) is 31.2 Å². The average Bonchev–Trinajstić information content (AvgIpc) is 2.50. The van der Waals surface area contributed by atoms with Crippen LogP contribution in [0.15, 0.2) is 24.3 Å². The molecule has 0 saturated carbocycles. The second-order valence-electron chi connectivity index (χ2n) is 4.59. The van der Waals surface area contributed by atoms with Gasteiger partial charge < -0.3 is 20.1 Å². The lowest BCUT2D eigenvalue weighted by molar-refractivity contribution is -0.133. The molecule has 112 valence electrons. The molecule has 0 bridgehead atoms. The molecular formula is C15H24N2O3. The Morgan fingerprint density at radius 1 is 1.30 bits per heavy atom. The van der Waals surface area contributed by atoms with Crippen LogP contribution in [0, 0.1) is 0 Å². The third-order valence-electron chi connectivity index (χ3n) is 3.18. The first-order valence-electron chi connectivity index (χ1n) is 6.78. The molecule has 0 aliphatic heterocycles. The molecule has 0 saturated heterocycles. The first-order valence-corrected chi connectivity index (χ1v) is 6.78. The van der Waals surface area contributed by atoms with E-state index in [1.165, 1.54) is 0 Å². The highest BCUT2D eigenvalue weighted by Gasteiger charge is 2.19. The fourth-order valence-electron chi connectivity index (χ4n) is 1.90. The van der Waals surface area contributed by atoms with Crippen molar-refractivity contribution >= 4 is 5.91 Å². The lowest BCUT2D eigenvalue weighted by atomic mass is 10.1. The Balaban J connectivity index is 2.62. The molecule has 1 aromatic carbocycles. The smallest absolute Gasteiger partial charge is 0.239 e. The van der Waals surface area contributed by atoms with E-state index in [0.29, 0.717) is 26.1 Å². The molecular weight excluding hydrogens is 256 g/mol. The van der Waals surface area contributed by atoms with E-state index in [1.54, 1.807) is 19.1 Å². The fourth-order valence-corrected chi connectivity index (χ4v) is 1.90. The number of amides is 1. The molecule has 1 rings (SSSR count). The number of carbonyl (C=O) groups is 1. The Labute approximate surface area is 120 Å². The minimum Gasteiger partial charge on any atom is -0.497 e. The normalized spacial score (nSPS) is 12.0. The van der Waals surface area contributed by atoms with Gasteiger partial charge in [-0.1, -0.05) is 12.1 Å². The number of likely N-dealkylation sites (N-methyl/N-ethyl adjacent to an activating group) is 1. The molecule has 0 aliphatic rings. The number of hydrogen-bond donors (Lipinski definition) is 1. The second kappa shape index (κ2) is 8.55. The first kappa shape index (κ1) is 16.5. The summed E-state index contributed by atoms with van der Waals surface area (Å²) in [6.45, 7) is 3.63. The Bertz CT molecular complexity index is 406. The van der Waals surface area contributed by atoms with Crippen LogP contribution in [0.2, 0.25) is 0 Å². The van der Waals surface area contributed by atoms with E-state index < -0.39 is 6.04 Å². The van der Waals surface area contributed by atoms with Gasteiger partial charge in [0.1, 0.15) is 5.75 Å². The highest BCUT2D eigenvalue weighted by Crippen LogP contribution is 2.13. The fraction of sp³-hybridized carbons (Fsp3) is 0.533. The number of ether oxygens (including phenoxy) is 2. The van der Waals surface area contributed by atoms with Crippen LogP contribution in [-0.4, -0.2) is 44.2 Å². The minimum atomic E-state index is -0.506. The third-order valence-corrected chi connectivity index (χ3v) is 3.18. The summed E-state index contributed by atoms with van der Waals surface area (Å²) in [5, 5.41) is 0. The van der Waals surface area contributed by atoms with E-state index in [-0.39, 0.29) is 5.91 Å². The van der Waals surface area contributed by atoms with Crippen molar-refractivity contribution < 1.29 is 14.3 Å². The van der Waals surface area contributed by atoms with Crippen molar-refractivity contribution in [3.63, 3.8) is 0 Å². The molecule has 1 unspecified atom stereocenters. The van der Waals surface area contributed by atoms with Crippen molar-refractivity contribution in [1.29, 1.82) is 0 Å². The molecule has 5 heteroatoms. The molecule has 0 spiro atoms. The topological polar surface area (TPSA) is 64.8 Å². The Morgan fingerprint density at radius 2 is 1.95 bits per heavy atom. The van der Waals surface area contributed by atoms with Crippen molar-refractivity contribution in [2.24, 2.45) is 5.73 Å². The number of nitrogens with two attached hydrogens (primary N) is 1. The molecule has 0 heterocycles. The van der Waals surface area contributed by atoms with Crippen molar-refractivity contribution in [2.75, 3.05) is 27.4 Å².